The summed E-state index contributed by atoms with van der Waals surface area (Å²) in [6.45, 7) is 5.86. The van der Waals surface area contributed by atoms with E-state index in [0.717, 1.165) is 22.6 Å². The molecule has 0 atom stereocenters. The number of carbonyl (C=O) groups excluding carboxylic acids is 1. The van der Waals surface area contributed by atoms with Gasteiger partial charge in [-0.3, -0.25) is 9.59 Å². The molecule has 0 unspecified atom stereocenters. The molecule has 0 radical (unpaired) electrons. The van der Waals surface area contributed by atoms with Crippen molar-refractivity contribution in [2.24, 2.45) is 0 Å². The minimum Gasteiger partial charge on any atom is -0.453 e. The molecule has 2 aromatic heterocycles. The van der Waals surface area contributed by atoms with Gasteiger partial charge in [-0.1, -0.05) is 6.92 Å². The minimum absolute atomic E-state index is 0.0685. The predicted molar refractivity (Wildman–Crippen MR) is 89.3 cm³/mol. The lowest BCUT2D eigenvalue weighted by molar-refractivity contribution is 0.0966. The molecule has 0 bridgehead atoms. The van der Waals surface area contributed by atoms with Crippen molar-refractivity contribution in [3.8, 4) is 0 Å². The molecule has 3 aromatic rings. The molecule has 0 N–H and O–H groups in total. The number of hydrogen-bond acceptors (Lipinski definition) is 6. The molecule has 5 nitrogen and oxygen atoms in total. The van der Waals surface area contributed by atoms with Crippen molar-refractivity contribution in [1.82, 2.24) is 10.2 Å². The van der Waals surface area contributed by atoms with Crippen LogP contribution in [0.2, 0.25) is 0 Å². The fourth-order valence-corrected chi connectivity index (χ4v) is 3.06. The SMILES string of the molecule is CCc1nnc(CC(=O)c2cc(=O)c3cc(C)c(C)cc3o2)s1. The summed E-state index contributed by atoms with van der Waals surface area (Å²) < 4.78 is 5.65. The van der Waals surface area contributed by atoms with Gasteiger partial charge < -0.3 is 4.42 Å². The molecule has 2 heterocycles. The average Bonchev–Trinajstić information content (AvgIpc) is 2.96. The van der Waals surface area contributed by atoms with Gasteiger partial charge in [-0.2, -0.15) is 0 Å². The highest BCUT2D eigenvalue weighted by molar-refractivity contribution is 7.11. The molecule has 0 saturated carbocycles. The van der Waals surface area contributed by atoms with E-state index in [0.29, 0.717) is 16.0 Å². The van der Waals surface area contributed by atoms with Gasteiger partial charge in [0.05, 0.1) is 11.8 Å². The van der Waals surface area contributed by atoms with Gasteiger partial charge in [-0.05, 0) is 43.5 Å². The van der Waals surface area contributed by atoms with Gasteiger partial charge in [0.25, 0.3) is 0 Å². The molecule has 23 heavy (non-hydrogen) atoms. The van der Waals surface area contributed by atoms with Crippen LogP contribution in [0.15, 0.2) is 27.4 Å². The summed E-state index contributed by atoms with van der Waals surface area (Å²) in [5.74, 6) is -0.194. The van der Waals surface area contributed by atoms with E-state index in [1.807, 2.05) is 20.8 Å². The highest BCUT2D eigenvalue weighted by Crippen LogP contribution is 2.19. The Labute approximate surface area is 137 Å². The Hall–Kier alpha value is -2.34. The van der Waals surface area contributed by atoms with Gasteiger partial charge in [0.15, 0.2) is 11.2 Å². The number of carbonyl (C=O) groups is 1. The van der Waals surface area contributed by atoms with Gasteiger partial charge in [0, 0.05) is 6.07 Å². The van der Waals surface area contributed by atoms with Gasteiger partial charge >= 0.3 is 0 Å². The van der Waals surface area contributed by atoms with E-state index in [9.17, 15) is 9.59 Å². The maximum absolute atomic E-state index is 12.4. The minimum atomic E-state index is -0.263. The van der Waals surface area contributed by atoms with Crippen LogP contribution in [0.1, 0.15) is 38.6 Å². The van der Waals surface area contributed by atoms with E-state index in [2.05, 4.69) is 10.2 Å². The molecule has 3 rings (SSSR count). The van der Waals surface area contributed by atoms with Crippen molar-refractivity contribution in [3.63, 3.8) is 0 Å². The highest BCUT2D eigenvalue weighted by Gasteiger charge is 2.16. The standard InChI is InChI=1S/C17H16N2O3S/c1-4-16-18-19-17(23-16)8-13(21)15-7-12(20)11-5-9(2)10(3)6-14(11)22-15/h5-7H,4,8H2,1-3H3. The number of hydrogen-bond donors (Lipinski definition) is 0. The van der Waals surface area contributed by atoms with Crippen molar-refractivity contribution in [2.75, 3.05) is 0 Å². The number of rotatable bonds is 4. The molecule has 0 aliphatic heterocycles. The Bertz CT molecular complexity index is 956. The molecule has 118 valence electrons. The Balaban J connectivity index is 1.97. The second-order valence-electron chi connectivity index (χ2n) is 5.45. The van der Waals surface area contributed by atoms with Crippen LogP contribution in [-0.4, -0.2) is 16.0 Å². The summed E-state index contributed by atoms with van der Waals surface area (Å²) in [6, 6.07) is 4.85. The highest BCUT2D eigenvalue weighted by atomic mass is 32.1. The fourth-order valence-electron chi connectivity index (χ4n) is 2.28. The Morgan fingerprint density at radius 2 is 1.83 bits per heavy atom. The number of aryl methyl sites for hydroxylation is 3. The first-order chi connectivity index (χ1) is 11.0. The van der Waals surface area contributed by atoms with Crippen molar-refractivity contribution < 1.29 is 9.21 Å². The van der Waals surface area contributed by atoms with Gasteiger partial charge in [-0.15, -0.1) is 21.5 Å². The number of nitrogens with zero attached hydrogens (tertiary/aromatic N) is 2. The van der Waals surface area contributed by atoms with Crippen LogP contribution >= 0.6 is 11.3 Å². The first-order valence-corrected chi connectivity index (χ1v) is 8.19. The summed E-state index contributed by atoms with van der Waals surface area (Å²) in [5.41, 5.74) is 2.27. The molecule has 6 heteroatoms. The number of ketones is 1. The maximum Gasteiger partial charge on any atom is 0.205 e. The van der Waals surface area contributed by atoms with Crippen LogP contribution in [0.3, 0.4) is 0 Å². The monoisotopic (exact) mass is 328 g/mol. The molecule has 0 aliphatic rings. The summed E-state index contributed by atoms with van der Waals surface area (Å²) in [7, 11) is 0. The second-order valence-corrected chi connectivity index (χ2v) is 6.60. The van der Waals surface area contributed by atoms with Crippen molar-refractivity contribution in [3.05, 3.63) is 55.3 Å². The fraction of sp³-hybridized carbons (Fsp3) is 0.294. The van der Waals surface area contributed by atoms with Crippen molar-refractivity contribution in [2.45, 2.75) is 33.6 Å². The lowest BCUT2D eigenvalue weighted by Crippen LogP contribution is -2.09. The summed E-state index contributed by atoms with van der Waals surface area (Å²) >= 11 is 1.41. The van der Waals surface area contributed by atoms with Gasteiger partial charge in [0.2, 0.25) is 5.78 Å². The number of aromatic nitrogens is 2. The average molecular weight is 328 g/mol. The number of fused-ring (bicyclic) bond motifs is 1. The number of benzene rings is 1. The lowest BCUT2D eigenvalue weighted by Gasteiger charge is -2.04. The van der Waals surface area contributed by atoms with Crippen molar-refractivity contribution >= 4 is 28.1 Å². The molecule has 0 amide bonds. The summed E-state index contributed by atoms with van der Waals surface area (Å²) in [6.07, 6.45) is 0.881. The van der Waals surface area contributed by atoms with E-state index in [-0.39, 0.29) is 23.4 Å². The maximum atomic E-state index is 12.4. The molecule has 0 aliphatic carbocycles. The topological polar surface area (TPSA) is 73.1 Å². The molecule has 0 fully saturated rings. The van der Waals surface area contributed by atoms with E-state index in [1.165, 1.54) is 17.4 Å². The third kappa shape index (κ3) is 3.07. The molecule has 0 saturated heterocycles. The Morgan fingerprint density at radius 3 is 2.52 bits per heavy atom. The largest absolute Gasteiger partial charge is 0.453 e. The molecular formula is C17H16N2O3S. The molecule has 0 spiro atoms. The lowest BCUT2D eigenvalue weighted by atomic mass is 10.1. The zero-order chi connectivity index (χ0) is 16.6. The van der Waals surface area contributed by atoms with E-state index < -0.39 is 0 Å². The van der Waals surface area contributed by atoms with Crippen LogP contribution in [0.5, 0.6) is 0 Å². The smallest absolute Gasteiger partial charge is 0.205 e. The van der Waals surface area contributed by atoms with Crippen LogP contribution in [0.25, 0.3) is 11.0 Å². The third-order valence-electron chi connectivity index (χ3n) is 3.74. The van der Waals surface area contributed by atoms with E-state index >= 15 is 0 Å². The van der Waals surface area contributed by atoms with E-state index in [4.69, 9.17) is 4.42 Å². The Kier molecular flexibility index (Phi) is 4.09. The molecular weight excluding hydrogens is 312 g/mol. The zero-order valence-corrected chi connectivity index (χ0v) is 14.0. The van der Waals surface area contributed by atoms with Crippen LogP contribution in [0.4, 0.5) is 0 Å². The van der Waals surface area contributed by atoms with Crippen LogP contribution in [-0.2, 0) is 12.8 Å². The second kappa shape index (κ2) is 6.04. The van der Waals surface area contributed by atoms with E-state index in [1.54, 1.807) is 12.1 Å². The zero-order valence-electron chi connectivity index (χ0n) is 13.2. The molecule has 1 aromatic carbocycles. The first-order valence-electron chi connectivity index (χ1n) is 7.37. The van der Waals surface area contributed by atoms with Crippen LogP contribution < -0.4 is 5.43 Å². The Morgan fingerprint density at radius 1 is 1.13 bits per heavy atom. The third-order valence-corrected chi connectivity index (χ3v) is 4.81. The van der Waals surface area contributed by atoms with Crippen molar-refractivity contribution in [1.29, 1.82) is 0 Å². The normalized spacial score (nSPS) is 11.1. The first kappa shape index (κ1) is 15.6. The van der Waals surface area contributed by atoms with Crippen LogP contribution in [0, 0.1) is 13.8 Å². The summed E-state index contributed by atoms with van der Waals surface area (Å²) in [4.78, 5) is 24.6. The quantitative estimate of drug-likeness (QED) is 0.687. The summed E-state index contributed by atoms with van der Waals surface area (Å²) in [5, 5.41) is 10.0. The predicted octanol–water partition coefficient (Wildman–Crippen LogP) is 3.25. The van der Waals surface area contributed by atoms with Gasteiger partial charge in [0.1, 0.15) is 15.6 Å². The van der Waals surface area contributed by atoms with Gasteiger partial charge in [-0.25, -0.2) is 0 Å². The number of Topliss-reactive ketones (excluding diaryl/α,β-unsaturated/α-hetero) is 1.